The van der Waals surface area contributed by atoms with E-state index in [0.29, 0.717) is 31.9 Å². The van der Waals surface area contributed by atoms with Crippen LogP contribution in [-0.2, 0) is 11.2 Å². The molecule has 0 aromatic carbocycles. The zero-order valence-electron chi connectivity index (χ0n) is 11.6. The molecule has 2 rings (SSSR count). The van der Waals surface area contributed by atoms with Crippen LogP contribution in [0.1, 0.15) is 51.8 Å². The Morgan fingerprint density at radius 3 is 3.11 bits per heavy atom. The summed E-state index contributed by atoms with van der Waals surface area (Å²) in [4.78, 5) is 0. The quantitative estimate of drug-likeness (QED) is 0.894. The largest absolute Gasteiger partial charge is 0.389 e. The van der Waals surface area contributed by atoms with E-state index < -0.39 is 5.60 Å². The van der Waals surface area contributed by atoms with Crippen molar-refractivity contribution in [2.45, 2.75) is 64.2 Å². The Kier molecular flexibility index (Phi) is 4.07. The first kappa shape index (κ1) is 13.6. The molecule has 1 fully saturated rings. The number of nitrogens with zero attached hydrogens (tertiary/aromatic N) is 2. The van der Waals surface area contributed by atoms with Crippen molar-refractivity contribution in [1.82, 2.24) is 9.78 Å². The number of aliphatic hydroxyl groups is 1. The average molecular weight is 252 g/mol. The summed E-state index contributed by atoms with van der Waals surface area (Å²) in [6, 6.07) is 2.44. The highest BCUT2D eigenvalue weighted by Crippen LogP contribution is 2.28. The van der Waals surface area contributed by atoms with Crippen LogP contribution in [0.25, 0.3) is 0 Å². The average Bonchev–Trinajstić information content (AvgIpc) is 2.75. The predicted octanol–water partition coefficient (Wildman–Crippen LogP) is 2.33. The van der Waals surface area contributed by atoms with E-state index in [1.165, 1.54) is 0 Å². The molecule has 2 heterocycles. The molecule has 0 aliphatic carbocycles. The topological polar surface area (TPSA) is 47.3 Å². The van der Waals surface area contributed by atoms with Gasteiger partial charge in [0.1, 0.15) is 0 Å². The Labute approximate surface area is 109 Å². The van der Waals surface area contributed by atoms with Crippen LogP contribution in [0.4, 0.5) is 0 Å². The lowest BCUT2D eigenvalue weighted by Gasteiger charge is -2.35. The number of ether oxygens (including phenoxy) is 1. The van der Waals surface area contributed by atoms with Gasteiger partial charge in [-0.1, -0.05) is 6.92 Å². The summed E-state index contributed by atoms with van der Waals surface area (Å²) in [7, 11) is 0. The highest BCUT2D eigenvalue weighted by molar-refractivity contribution is 5.05. The summed E-state index contributed by atoms with van der Waals surface area (Å²) in [5, 5.41) is 15.1. The summed E-state index contributed by atoms with van der Waals surface area (Å²) >= 11 is 0. The Morgan fingerprint density at radius 2 is 2.44 bits per heavy atom. The molecule has 1 aliphatic rings. The molecule has 1 aromatic rings. The maximum atomic E-state index is 10.6. The lowest BCUT2D eigenvalue weighted by Crippen LogP contribution is -2.41. The SMILES string of the molecule is CCC(C)n1ccc(CC2(O)CCOC(C)C2)n1. The monoisotopic (exact) mass is 252 g/mol. The highest BCUT2D eigenvalue weighted by Gasteiger charge is 2.34. The van der Waals surface area contributed by atoms with E-state index >= 15 is 0 Å². The van der Waals surface area contributed by atoms with Gasteiger partial charge in [0, 0.05) is 31.7 Å². The molecule has 18 heavy (non-hydrogen) atoms. The lowest BCUT2D eigenvalue weighted by atomic mass is 9.87. The highest BCUT2D eigenvalue weighted by atomic mass is 16.5. The predicted molar refractivity (Wildman–Crippen MR) is 70.5 cm³/mol. The van der Waals surface area contributed by atoms with Gasteiger partial charge in [0.25, 0.3) is 0 Å². The molecule has 0 saturated carbocycles. The Bertz CT molecular complexity index is 391. The third kappa shape index (κ3) is 3.12. The smallest absolute Gasteiger partial charge is 0.0750 e. The van der Waals surface area contributed by atoms with Crippen molar-refractivity contribution in [3.8, 4) is 0 Å². The van der Waals surface area contributed by atoms with Gasteiger partial charge in [0.05, 0.1) is 17.4 Å². The van der Waals surface area contributed by atoms with Crippen molar-refractivity contribution in [2.75, 3.05) is 6.61 Å². The van der Waals surface area contributed by atoms with Crippen molar-refractivity contribution in [3.63, 3.8) is 0 Å². The van der Waals surface area contributed by atoms with E-state index in [1.54, 1.807) is 0 Å². The Morgan fingerprint density at radius 1 is 1.67 bits per heavy atom. The van der Waals surface area contributed by atoms with Crippen molar-refractivity contribution >= 4 is 0 Å². The minimum Gasteiger partial charge on any atom is -0.389 e. The summed E-state index contributed by atoms with van der Waals surface area (Å²) in [6.45, 7) is 6.97. The van der Waals surface area contributed by atoms with Crippen LogP contribution >= 0.6 is 0 Å². The standard InChI is InChI=1S/C14H24N2O2/c1-4-11(2)16-7-5-13(15-16)10-14(17)6-8-18-12(3)9-14/h5,7,11-12,17H,4,6,8-10H2,1-3H3. The molecule has 0 spiro atoms. The van der Waals surface area contributed by atoms with Crippen molar-refractivity contribution in [1.29, 1.82) is 0 Å². The van der Waals surface area contributed by atoms with Crippen LogP contribution in [0.5, 0.6) is 0 Å². The van der Waals surface area contributed by atoms with Gasteiger partial charge in [-0.05, 0) is 32.8 Å². The third-order valence-electron chi connectivity index (χ3n) is 3.85. The van der Waals surface area contributed by atoms with Gasteiger partial charge in [-0.25, -0.2) is 0 Å². The fourth-order valence-corrected chi connectivity index (χ4v) is 2.55. The molecule has 4 nitrogen and oxygen atoms in total. The summed E-state index contributed by atoms with van der Waals surface area (Å²) in [5.74, 6) is 0. The van der Waals surface area contributed by atoms with Crippen LogP contribution in [0.15, 0.2) is 12.3 Å². The lowest BCUT2D eigenvalue weighted by molar-refractivity contribution is -0.0965. The number of hydrogen-bond acceptors (Lipinski definition) is 3. The van der Waals surface area contributed by atoms with E-state index in [0.717, 1.165) is 12.1 Å². The molecule has 3 unspecified atom stereocenters. The van der Waals surface area contributed by atoms with Crippen LogP contribution < -0.4 is 0 Å². The molecule has 0 radical (unpaired) electrons. The second-order valence-corrected chi connectivity index (χ2v) is 5.58. The normalized spacial score (nSPS) is 30.3. The van der Waals surface area contributed by atoms with Gasteiger partial charge in [-0.3, -0.25) is 4.68 Å². The van der Waals surface area contributed by atoms with E-state index in [1.807, 2.05) is 23.9 Å². The fraction of sp³-hybridized carbons (Fsp3) is 0.786. The molecule has 102 valence electrons. The summed E-state index contributed by atoms with van der Waals surface area (Å²) < 4.78 is 7.47. The molecular formula is C14H24N2O2. The third-order valence-corrected chi connectivity index (χ3v) is 3.85. The molecule has 0 amide bonds. The van der Waals surface area contributed by atoms with Gasteiger partial charge < -0.3 is 9.84 Å². The minimum atomic E-state index is -0.647. The fourth-order valence-electron chi connectivity index (χ4n) is 2.55. The first-order chi connectivity index (χ1) is 8.52. The first-order valence-electron chi connectivity index (χ1n) is 6.90. The van der Waals surface area contributed by atoms with Crippen molar-refractivity contribution < 1.29 is 9.84 Å². The molecule has 4 heteroatoms. The van der Waals surface area contributed by atoms with Gasteiger partial charge in [-0.15, -0.1) is 0 Å². The maximum absolute atomic E-state index is 10.6. The van der Waals surface area contributed by atoms with Gasteiger partial charge in [-0.2, -0.15) is 5.10 Å². The van der Waals surface area contributed by atoms with E-state index in [4.69, 9.17) is 4.74 Å². The minimum absolute atomic E-state index is 0.139. The Hall–Kier alpha value is -0.870. The molecule has 1 aliphatic heterocycles. The van der Waals surface area contributed by atoms with Crippen LogP contribution in [0, 0.1) is 0 Å². The first-order valence-corrected chi connectivity index (χ1v) is 6.90. The Balaban J connectivity index is 2.02. The van der Waals surface area contributed by atoms with Gasteiger partial charge in [0.2, 0.25) is 0 Å². The molecule has 1 aromatic heterocycles. The van der Waals surface area contributed by atoms with E-state index in [-0.39, 0.29) is 6.10 Å². The number of hydrogen-bond donors (Lipinski definition) is 1. The molecule has 1 N–H and O–H groups in total. The van der Waals surface area contributed by atoms with Crippen molar-refractivity contribution in [2.24, 2.45) is 0 Å². The summed E-state index contributed by atoms with van der Waals surface area (Å²) in [5.41, 5.74) is 0.332. The molecular weight excluding hydrogens is 228 g/mol. The zero-order chi connectivity index (χ0) is 13.2. The molecule has 0 bridgehead atoms. The van der Waals surface area contributed by atoms with Gasteiger partial charge >= 0.3 is 0 Å². The number of aromatic nitrogens is 2. The van der Waals surface area contributed by atoms with Crippen molar-refractivity contribution in [3.05, 3.63) is 18.0 Å². The van der Waals surface area contributed by atoms with Crippen LogP contribution in [0.2, 0.25) is 0 Å². The van der Waals surface area contributed by atoms with Gasteiger partial charge in [0.15, 0.2) is 0 Å². The van der Waals surface area contributed by atoms with E-state index in [2.05, 4.69) is 18.9 Å². The second-order valence-electron chi connectivity index (χ2n) is 5.58. The molecule has 1 saturated heterocycles. The zero-order valence-corrected chi connectivity index (χ0v) is 11.6. The van der Waals surface area contributed by atoms with Crippen LogP contribution in [0.3, 0.4) is 0 Å². The number of rotatable bonds is 4. The molecule has 3 atom stereocenters. The van der Waals surface area contributed by atoms with E-state index in [9.17, 15) is 5.11 Å². The second kappa shape index (κ2) is 5.41. The summed E-state index contributed by atoms with van der Waals surface area (Å²) in [6.07, 6.45) is 5.24. The maximum Gasteiger partial charge on any atom is 0.0750 e. The van der Waals surface area contributed by atoms with Crippen LogP contribution in [-0.4, -0.2) is 33.2 Å².